The molecular weight excluding hydrogens is 312 g/mol. The number of carbonyl (C=O) groups is 1. The second-order valence-electron chi connectivity index (χ2n) is 4.67. The highest BCUT2D eigenvalue weighted by Crippen LogP contribution is 2.24. The van der Waals surface area contributed by atoms with Crippen molar-refractivity contribution in [3.63, 3.8) is 0 Å². The summed E-state index contributed by atoms with van der Waals surface area (Å²) in [5.41, 5.74) is 1.16. The average Bonchev–Trinajstić information content (AvgIpc) is 2.86. The molecule has 0 atom stereocenters. The summed E-state index contributed by atoms with van der Waals surface area (Å²) in [6, 6.07) is 11.2. The van der Waals surface area contributed by atoms with Gasteiger partial charge in [0.1, 0.15) is 5.82 Å². The number of hydrogen-bond acceptors (Lipinski definition) is 1. The molecule has 0 N–H and O–H groups in total. The van der Waals surface area contributed by atoms with Gasteiger partial charge in [-0.1, -0.05) is 29.3 Å². The topological polar surface area (TPSA) is 22.0 Å². The van der Waals surface area contributed by atoms with Crippen molar-refractivity contribution in [3.05, 3.63) is 70.1 Å². The van der Waals surface area contributed by atoms with Crippen LogP contribution in [0.3, 0.4) is 0 Å². The molecular formula is C16H10Cl2FNO. The molecule has 0 aliphatic carbocycles. The smallest absolute Gasteiger partial charge is 0.182 e. The van der Waals surface area contributed by atoms with Crippen LogP contribution in [0.5, 0.6) is 0 Å². The van der Waals surface area contributed by atoms with Crippen LogP contribution in [0.2, 0.25) is 10.0 Å². The fraction of sp³-hybridized carbons (Fsp3) is 0.0625. The number of ketones is 1. The highest BCUT2D eigenvalue weighted by Gasteiger charge is 2.11. The normalized spacial score (nSPS) is 11.0. The molecule has 0 spiro atoms. The van der Waals surface area contributed by atoms with Crippen LogP contribution in [0, 0.1) is 5.82 Å². The molecule has 0 bridgehead atoms. The number of fused-ring (bicyclic) bond motifs is 1. The van der Waals surface area contributed by atoms with E-state index in [0.29, 0.717) is 26.5 Å². The summed E-state index contributed by atoms with van der Waals surface area (Å²) in [5, 5.41) is 1.24. The monoisotopic (exact) mass is 321 g/mol. The molecule has 0 aliphatic rings. The van der Waals surface area contributed by atoms with Gasteiger partial charge >= 0.3 is 0 Å². The van der Waals surface area contributed by atoms with Crippen LogP contribution in [-0.2, 0) is 6.54 Å². The molecule has 3 rings (SSSR count). The van der Waals surface area contributed by atoms with E-state index in [4.69, 9.17) is 23.2 Å². The number of benzene rings is 2. The highest BCUT2D eigenvalue weighted by molar-refractivity contribution is 6.42. The largest absolute Gasteiger partial charge is 0.340 e. The quantitative estimate of drug-likeness (QED) is 0.624. The van der Waals surface area contributed by atoms with Gasteiger partial charge in [0.15, 0.2) is 5.78 Å². The lowest BCUT2D eigenvalue weighted by atomic mass is 10.1. The Morgan fingerprint density at radius 2 is 1.90 bits per heavy atom. The van der Waals surface area contributed by atoms with Crippen LogP contribution in [0.25, 0.3) is 10.9 Å². The molecule has 21 heavy (non-hydrogen) atoms. The molecule has 3 aromatic rings. The fourth-order valence-corrected chi connectivity index (χ4v) is 2.54. The summed E-state index contributed by atoms with van der Waals surface area (Å²) in [4.78, 5) is 12.3. The Kier molecular flexibility index (Phi) is 3.70. The summed E-state index contributed by atoms with van der Waals surface area (Å²) in [5.74, 6) is -0.413. The lowest BCUT2D eigenvalue weighted by Crippen LogP contribution is -2.09. The van der Waals surface area contributed by atoms with E-state index in [1.54, 1.807) is 47.2 Å². The standard InChI is InChI=1S/C16H10Cl2FNO/c17-12-5-4-10(8-13(12)18)16(21)9-20-7-6-11-14(19)2-1-3-15(11)20/h1-8H,9H2. The minimum absolute atomic E-state index is 0.115. The summed E-state index contributed by atoms with van der Waals surface area (Å²) in [7, 11) is 0. The van der Waals surface area contributed by atoms with E-state index in [9.17, 15) is 9.18 Å². The second kappa shape index (κ2) is 5.51. The molecule has 0 radical (unpaired) electrons. The number of nitrogens with zero attached hydrogens (tertiary/aromatic N) is 1. The van der Waals surface area contributed by atoms with Crippen molar-refractivity contribution >= 4 is 39.9 Å². The van der Waals surface area contributed by atoms with Crippen LogP contribution in [0.1, 0.15) is 10.4 Å². The van der Waals surface area contributed by atoms with Gasteiger partial charge < -0.3 is 4.57 Å². The Hall–Kier alpha value is -1.84. The van der Waals surface area contributed by atoms with E-state index in [1.807, 2.05) is 0 Å². The number of hydrogen-bond donors (Lipinski definition) is 0. The van der Waals surface area contributed by atoms with Gasteiger partial charge in [-0.05, 0) is 36.4 Å². The van der Waals surface area contributed by atoms with Crippen molar-refractivity contribution in [3.8, 4) is 0 Å². The van der Waals surface area contributed by atoms with Gasteiger partial charge in [-0.3, -0.25) is 4.79 Å². The molecule has 5 heteroatoms. The Morgan fingerprint density at radius 1 is 1.10 bits per heavy atom. The van der Waals surface area contributed by atoms with Gasteiger partial charge in [0, 0.05) is 17.1 Å². The summed E-state index contributed by atoms with van der Waals surface area (Å²) < 4.78 is 15.3. The van der Waals surface area contributed by atoms with Gasteiger partial charge in [0.05, 0.1) is 22.1 Å². The minimum Gasteiger partial charge on any atom is -0.340 e. The molecule has 0 unspecified atom stereocenters. The molecule has 2 nitrogen and oxygen atoms in total. The lowest BCUT2D eigenvalue weighted by molar-refractivity contribution is 0.0973. The Morgan fingerprint density at radius 3 is 2.67 bits per heavy atom. The Labute approximate surface area is 130 Å². The third kappa shape index (κ3) is 2.67. The number of rotatable bonds is 3. The zero-order valence-corrected chi connectivity index (χ0v) is 12.3. The predicted molar refractivity (Wildman–Crippen MR) is 82.7 cm³/mol. The van der Waals surface area contributed by atoms with Crippen LogP contribution >= 0.6 is 23.2 Å². The zero-order chi connectivity index (χ0) is 15.0. The first-order valence-corrected chi connectivity index (χ1v) is 7.03. The maximum Gasteiger partial charge on any atom is 0.182 e. The summed E-state index contributed by atoms with van der Waals surface area (Å²) in [6.45, 7) is 0.116. The molecule has 0 saturated heterocycles. The molecule has 106 valence electrons. The number of aromatic nitrogens is 1. The number of Topliss-reactive ketones (excluding diaryl/α,β-unsaturated/α-hetero) is 1. The van der Waals surface area contributed by atoms with Crippen molar-refractivity contribution in [2.75, 3.05) is 0 Å². The van der Waals surface area contributed by atoms with E-state index in [2.05, 4.69) is 0 Å². The van der Waals surface area contributed by atoms with E-state index in [0.717, 1.165) is 0 Å². The van der Waals surface area contributed by atoms with Gasteiger partial charge in [0.25, 0.3) is 0 Å². The van der Waals surface area contributed by atoms with Crippen molar-refractivity contribution in [2.24, 2.45) is 0 Å². The minimum atomic E-state index is -0.298. The Balaban J connectivity index is 1.93. The van der Waals surface area contributed by atoms with E-state index >= 15 is 0 Å². The van der Waals surface area contributed by atoms with Gasteiger partial charge in [-0.2, -0.15) is 0 Å². The summed E-state index contributed by atoms with van der Waals surface area (Å²) in [6.07, 6.45) is 1.70. The molecule has 0 amide bonds. The second-order valence-corrected chi connectivity index (χ2v) is 5.48. The summed E-state index contributed by atoms with van der Waals surface area (Å²) >= 11 is 11.7. The predicted octanol–water partition coefficient (Wildman–Crippen LogP) is 4.97. The van der Waals surface area contributed by atoms with E-state index < -0.39 is 0 Å². The highest BCUT2D eigenvalue weighted by atomic mass is 35.5. The third-order valence-corrected chi connectivity index (χ3v) is 4.06. The SMILES string of the molecule is O=C(Cn1ccc2c(F)cccc21)c1ccc(Cl)c(Cl)c1. The first-order valence-electron chi connectivity index (χ1n) is 6.28. The van der Waals surface area contributed by atoms with Crippen molar-refractivity contribution in [1.29, 1.82) is 0 Å². The maximum absolute atomic E-state index is 13.6. The molecule has 0 saturated carbocycles. The molecule has 1 aromatic heterocycles. The number of halogens is 3. The van der Waals surface area contributed by atoms with Crippen LogP contribution in [0.4, 0.5) is 4.39 Å². The Bertz CT molecular complexity index is 841. The maximum atomic E-state index is 13.6. The lowest BCUT2D eigenvalue weighted by Gasteiger charge is -2.06. The van der Waals surface area contributed by atoms with Crippen LogP contribution in [-0.4, -0.2) is 10.4 Å². The van der Waals surface area contributed by atoms with Gasteiger partial charge in [-0.15, -0.1) is 0 Å². The zero-order valence-electron chi connectivity index (χ0n) is 10.8. The first-order chi connectivity index (χ1) is 10.1. The fourth-order valence-electron chi connectivity index (χ4n) is 2.24. The van der Waals surface area contributed by atoms with Crippen molar-refractivity contribution < 1.29 is 9.18 Å². The van der Waals surface area contributed by atoms with Crippen LogP contribution < -0.4 is 0 Å². The van der Waals surface area contributed by atoms with E-state index in [-0.39, 0.29) is 18.1 Å². The first kappa shape index (κ1) is 14.1. The molecule has 1 heterocycles. The molecule has 2 aromatic carbocycles. The number of carbonyl (C=O) groups excluding carboxylic acids is 1. The average molecular weight is 322 g/mol. The third-order valence-electron chi connectivity index (χ3n) is 3.32. The molecule has 0 aliphatic heterocycles. The van der Waals surface area contributed by atoms with Crippen molar-refractivity contribution in [1.82, 2.24) is 4.57 Å². The van der Waals surface area contributed by atoms with Crippen LogP contribution in [0.15, 0.2) is 48.7 Å². The van der Waals surface area contributed by atoms with Gasteiger partial charge in [0.2, 0.25) is 0 Å². The molecule has 0 fully saturated rings. The van der Waals surface area contributed by atoms with Gasteiger partial charge in [-0.25, -0.2) is 4.39 Å². The van der Waals surface area contributed by atoms with E-state index in [1.165, 1.54) is 6.07 Å². The van der Waals surface area contributed by atoms with Crippen molar-refractivity contribution in [2.45, 2.75) is 6.54 Å².